The Morgan fingerprint density at radius 3 is 2.76 bits per heavy atom. The van der Waals surface area contributed by atoms with E-state index < -0.39 is 0 Å². The SMILES string of the molecule is COc1cc(/C=N/NC(=O)CSc2nc3ccccc3[nH]2)ccc1OCc1ccc(Cl)c(Cl)c1. The Kier molecular flexibility index (Phi) is 7.95. The van der Waals surface area contributed by atoms with Crippen molar-refractivity contribution in [2.45, 2.75) is 11.8 Å². The van der Waals surface area contributed by atoms with Gasteiger partial charge in [-0.25, -0.2) is 10.4 Å². The lowest BCUT2D eigenvalue weighted by Gasteiger charge is -2.11. The molecule has 0 saturated carbocycles. The Morgan fingerprint density at radius 2 is 1.97 bits per heavy atom. The van der Waals surface area contributed by atoms with Crippen LogP contribution in [0.4, 0.5) is 0 Å². The highest BCUT2D eigenvalue weighted by Gasteiger charge is 2.08. The molecule has 0 unspecified atom stereocenters. The zero-order valence-corrected chi connectivity index (χ0v) is 20.4. The molecule has 0 aliphatic rings. The molecule has 34 heavy (non-hydrogen) atoms. The quantitative estimate of drug-likeness (QED) is 0.170. The van der Waals surface area contributed by atoms with Gasteiger partial charge in [-0.2, -0.15) is 5.10 Å². The summed E-state index contributed by atoms with van der Waals surface area (Å²) in [6.07, 6.45) is 1.54. The maximum absolute atomic E-state index is 12.1. The number of thioether (sulfide) groups is 1. The van der Waals surface area contributed by atoms with E-state index in [0.29, 0.717) is 33.3 Å². The fourth-order valence-corrected chi connectivity index (χ4v) is 4.02. The van der Waals surface area contributed by atoms with Gasteiger partial charge in [0, 0.05) is 0 Å². The van der Waals surface area contributed by atoms with E-state index in [0.717, 1.165) is 22.2 Å². The summed E-state index contributed by atoms with van der Waals surface area (Å²) >= 11 is 13.3. The van der Waals surface area contributed by atoms with Crippen LogP contribution in [0.15, 0.2) is 70.9 Å². The van der Waals surface area contributed by atoms with Crippen LogP contribution in [0.25, 0.3) is 11.0 Å². The monoisotopic (exact) mass is 514 g/mol. The molecule has 0 fully saturated rings. The fourth-order valence-electron chi connectivity index (χ4n) is 3.02. The van der Waals surface area contributed by atoms with E-state index in [1.165, 1.54) is 18.0 Å². The first-order valence-electron chi connectivity index (χ1n) is 10.2. The van der Waals surface area contributed by atoms with Gasteiger partial charge in [-0.1, -0.05) is 53.2 Å². The maximum Gasteiger partial charge on any atom is 0.250 e. The number of ether oxygens (including phenoxy) is 2. The minimum atomic E-state index is -0.241. The number of aromatic amines is 1. The number of hydrogen-bond donors (Lipinski definition) is 2. The molecule has 0 aliphatic carbocycles. The zero-order chi connectivity index (χ0) is 23.9. The number of imidazole rings is 1. The van der Waals surface area contributed by atoms with Crippen molar-refractivity contribution in [2.24, 2.45) is 5.10 Å². The first kappa shape index (κ1) is 23.9. The van der Waals surface area contributed by atoms with Crippen LogP contribution in [0.3, 0.4) is 0 Å². The Labute approximate surface area is 210 Å². The van der Waals surface area contributed by atoms with Crippen LogP contribution >= 0.6 is 35.0 Å². The molecular formula is C24H20Cl2N4O3S. The van der Waals surface area contributed by atoms with Crippen LogP contribution < -0.4 is 14.9 Å². The Balaban J connectivity index is 1.29. The lowest BCUT2D eigenvalue weighted by Crippen LogP contribution is -2.19. The highest BCUT2D eigenvalue weighted by Crippen LogP contribution is 2.29. The van der Waals surface area contributed by atoms with Crippen molar-refractivity contribution in [3.63, 3.8) is 0 Å². The van der Waals surface area contributed by atoms with Gasteiger partial charge in [0.05, 0.1) is 40.2 Å². The largest absolute Gasteiger partial charge is 0.493 e. The van der Waals surface area contributed by atoms with Gasteiger partial charge in [-0.3, -0.25) is 4.79 Å². The minimum absolute atomic E-state index is 0.183. The van der Waals surface area contributed by atoms with Gasteiger partial charge in [-0.15, -0.1) is 0 Å². The highest BCUT2D eigenvalue weighted by atomic mass is 35.5. The summed E-state index contributed by atoms with van der Waals surface area (Å²) in [6, 6.07) is 18.4. The number of nitrogens with one attached hydrogen (secondary N) is 2. The Hall–Kier alpha value is -3.20. The number of hydrogen-bond acceptors (Lipinski definition) is 6. The fraction of sp³-hybridized carbons (Fsp3) is 0.125. The molecule has 1 amide bonds. The van der Waals surface area contributed by atoms with Crippen molar-refractivity contribution in [1.29, 1.82) is 0 Å². The number of benzene rings is 3. The summed E-state index contributed by atoms with van der Waals surface area (Å²) < 4.78 is 11.3. The number of hydrazone groups is 1. The number of para-hydroxylation sites is 2. The van der Waals surface area contributed by atoms with E-state index in [2.05, 4.69) is 20.5 Å². The third kappa shape index (κ3) is 6.22. The van der Waals surface area contributed by atoms with E-state index >= 15 is 0 Å². The van der Waals surface area contributed by atoms with E-state index in [4.69, 9.17) is 32.7 Å². The van der Waals surface area contributed by atoms with Gasteiger partial charge in [0.15, 0.2) is 16.7 Å². The number of halogens is 2. The molecule has 1 aromatic heterocycles. The molecule has 3 aromatic carbocycles. The lowest BCUT2D eigenvalue weighted by atomic mass is 10.2. The van der Waals surface area contributed by atoms with Crippen LogP contribution in [0.2, 0.25) is 10.0 Å². The number of amides is 1. The number of H-pyrrole nitrogens is 1. The molecule has 174 valence electrons. The standard InChI is InChI=1S/C24H20Cl2N4O3S/c1-32-22-11-15(7-9-21(22)33-13-16-6-8-17(25)18(26)10-16)12-27-30-23(31)14-34-24-28-19-4-2-3-5-20(19)29-24/h2-12H,13-14H2,1H3,(H,28,29)(H,30,31)/b27-12+. The molecule has 7 nitrogen and oxygen atoms in total. The molecule has 10 heteroatoms. The molecule has 0 aliphatic heterocycles. The van der Waals surface area contributed by atoms with Crippen LogP contribution in [0.1, 0.15) is 11.1 Å². The highest BCUT2D eigenvalue weighted by molar-refractivity contribution is 7.99. The van der Waals surface area contributed by atoms with Crippen molar-refractivity contribution in [2.75, 3.05) is 12.9 Å². The van der Waals surface area contributed by atoms with Gasteiger partial charge >= 0.3 is 0 Å². The van der Waals surface area contributed by atoms with Gasteiger partial charge in [0.1, 0.15) is 6.61 Å². The molecule has 0 bridgehead atoms. The van der Waals surface area contributed by atoms with Crippen molar-refractivity contribution in [3.05, 3.63) is 81.8 Å². The maximum atomic E-state index is 12.1. The first-order valence-corrected chi connectivity index (χ1v) is 11.9. The predicted molar refractivity (Wildman–Crippen MR) is 136 cm³/mol. The smallest absolute Gasteiger partial charge is 0.250 e. The van der Waals surface area contributed by atoms with Gasteiger partial charge < -0.3 is 14.5 Å². The van der Waals surface area contributed by atoms with Crippen LogP contribution in [-0.4, -0.2) is 35.0 Å². The normalized spacial score (nSPS) is 11.1. The summed E-state index contributed by atoms with van der Waals surface area (Å²) in [5.74, 6) is 1.05. The lowest BCUT2D eigenvalue weighted by molar-refractivity contribution is -0.118. The topological polar surface area (TPSA) is 88.6 Å². The molecular weight excluding hydrogens is 495 g/mol. The molecule has 1 heterocycles. The van der Waals surface area contributed by atoms with Crippen molar-refractivity contribution in [1.82, 2.24) is 15.4 Å². The third-order valence-electron chi connectivity index (χ3n) is 4.68. The average Bonchev–Trinajstić information content (AvgIpc) is 3.27. The second kappa shape index (κ2) is 11.3. The molecule has 4 aromatic rings. The third-order valence-corrected chi connectivity index (χ3v) is 6.29. The molecule has 4 rings (SSSR count). The first-order chi connectivity index (χ1) is 16.5. The van der Waals surface area contributed by atoms with Crippen LogP contribution in [-0.2, 0) is 11.4 Å². The van der Waals surface area contributed by atoms with E-state index in [1.807, 2.05) is 36.4 Å². The minimum Gasteiger partial charge on any atom is -0.493 e. The van der Waals surface area contributed by atoms with Crippen molar-refractivity contribution < 1.29 is 14.3 Å². The number of fused-ring (bicyclic) bond motifs is 1. The summed E-state index contributed by atoms with van der Waals surface area (Å²) in [7, 11) is 1.55. The number of carbonyl (C=O) groups is 1. The predicted octanol–water partition coefficient (Wildman–Crippen LogP) is 5.70. The number of rotatable bonds is 9. The summed E-state index contributed by atoms with van der Waals surface area (Å²) in [6.45, 7) is 0.305. The summed E-state index contributed by atoms with van der Waals surface area (Å²) in [5.41, 5.74) is 5.93. The number of carbonyl (C=O) groups excluding carboxylic acids is 1. The summed E-state index contributed by atoms with van der Waals surface area (Å²) in [5, 5.41) is 5.67. The molecule has 0 atom stereocenters. The number of methoxy groups -OCH3 is 1. The second-order valence-electron chi connectivity index (χ2n) is 7.09. The van der Waals surface area contributed by atoms with Crippen LogP contribution in [0, 0.1) is 0 Å². The Morgan fingerprint density at radius 1 is 1.12 bits per heavy atom. The molecule has 0 radical (unpaired) electrons. The average molecular weight is 515 g/mol. The zero-order valence-electron chi connectivity index (χ0n) is 18.0. The van der Waals surface area contributed by atoms with E-state index in [9.17, 15) is 4.79 Å². The Bertz CT molecular complexity index is 1310. The number of aromatic nitrogens is 2. The van der Waals surface area contributed by atoms with Gasteiger partial charge in [-0.05, 0) is 53.6 Å². The second-order valence-corrected chi connectivity index (χ2v) is 8.87. The van der Waals surface area contributed by atoms with Gasteiger partial charge in [0.25, 0.3) is 5.91 Å². The van der Waals surface area contributed by atoms with E-state index in [1.54, 1.807) is 31.4 Å². The number of nitrogens with zero attached hydrogens (tertiary/aromatic N) is 2. The van der Waals surface area contributed by atoms with Gasteiger partial charge in [0.2, 0.25) is 0 Å². The molecule has 0 spiro atoms. The van der Waals surface area contributed by atoms with Crippen molar-refractivity contribution >= 4 is 58.1 Å². The molecule has 0 saturated heterocycles. The summed E-state index contributed by atoms with van der Waals surface area (Å²) in [4.78, 5) is 19.7. The van der Waals surface area contributed by atoms with Crippen LogP contribution in [0.5, 0.6) is 11.5 Å². The van der Waals surface area contributed by atoms with Crippen molar-refractivity contribution in [3.8, 4) is 11.5 Å². The van der Waals surface area contributed by atoms with E-state index in [-0.39, 0.29) is 11.7 Å². The molecule has 2 N–H and O–H groups in total.